The molecule has 0 atom stereocenters. The number of anilines is 1. The standard InChI is InChI=1S/C18H20N2O/c1-2-11-21-18-6-4-3-5-16(18)20-13-14-7-8-15-9-10-19-17(15)12-14/h3-10,12,19-20H,2,11,13H2,1H3. The van der Waals surface area contributed by atoms with Gasteiger partial charge in [0.05, 0.1) is 12.3 Å². The molecule has 0 spiro atoms. The predicted molar refractivity (Wildman–Crippen MR) is 87.9 cm³/mol. The van der Waals surface area contributed by atoms with Crippen molar-refractivity contribution in [1.29, 1.82) is 0 Å². The predicted octanol–water partition coefficient (Wildman–Crippen LogP) is 4.57. The third kappa shape index (κ3) is 3.19. The Morgan fingerprint density at radius 2 is 2.00 bits per heavy atom. The highest BCUT2D eigenvalue weighted by Gasteiger charge is 2.03. The van der Waals surface area contributed by atoms with E-state index in [1.165, 1.54) is 16.5 Å². The summed E-state index contributed by atoms with van der Waals surface area (Å²) in [7, 11) is 0. The number of hydrogen-bond donors (Lipinski definition) is 2. The Balaban J connectivity index is 1.71. The van der Waals surface area contributed by atoms with Crippen LogP contribution < -0.4 is 10.1 Å². The minimum Gasteiger partial charge on any atom is -0.491 e. The molecule has 0 unspecified atom stereocenters. The number of nitrogens with one attached hydrogen (secondary N) is 2. The average molecular weight is 280 g/mol. The van der Waals surface area contributed by atoms with Crippen LogP contribution in [0.2, 0.25) is 0 Å². The van der Waals surface area contributed by atoms with Crippen LogP contribution in [0.5, 0.6) is 5.75 Å². The molecule has 3 aromatic rings. The summed E-state index contributed by atoms with van der Waals surface area (Å²) in [6.45, 7) is 3.64. The molecule has 0 aliphatic rings. The monoisotopic (exact) mass is 280 g/mol. The molecule has 0 bridgehead atoms. The number of aromatic nitrogens is 1. The van der Waals surface area contributed by atoms with E-state index in [4.69, 9.17) is 4.74 Å². The van der Waals surface area contributed by atoms with Crippen LogP contribution in [0.4, 0.5) is 5.69 Å². The Labute approximate surface area is 125 Å². The van der Waals surface area contributed by atoms with Crippen molar-refractivity contribution < 1.29 is 4.74 Å². The van der Waals surface area contributed by atoms with Gasteiger partial charge in [0.1, 0.15) is 5.75 Å². The number of para-hydroxylation sites is 2. The van der Waals surface area contributed by atoms with E-state index in [1.54, 1.807) is 0 Å². The molecule has 0 fully saturated rings. The molecule has 3 nitrogen and oxygen atoms in total. The fraction of sp³-hybridized carbons (Fsp3) is 0.222. The SMILES string of the molecule is CCCOc1ccccc1NCc1ccc2cc[nH]c2c1. The van der Waals surface area contributed by atoms with Crippen LogP contribution in [0.15, 0.2) is 54.7 Å². The molecule has 3 rings (SSSR count). The van der Waals surface area contributed by atoms with E-state index in [-0.39, 0.29) is 0 Å². The van der Waals surface area contributed by atoms with Crippen LogP contribution in [0.1, 0.15) is 18.9 Å². The molecule has 3 heteroatoms. The Bertz CT molecular complexity index is 718. The maximum absolute atomic E-state index is 5.76. The van der Waals surface area contributed by atoms with Crippen molar-refractivity contribution in [2.24, 2.45) is 0 Å². The van der Waals surface area contributed by atoms with Gasteiger partial charge in [0.2, 0.25) is 0 Å². The molecule has 21 heavy (non-hydrogen) atoms. The van der Waals surface area contributed by atoms with Crippen molar-refractivity contribution >= 4 is 16.6 Å². The van der Waals surface area contributed by atoms with Gasteiger partial charge in [-0.05, 0) is 41.6 Å². The van der Waals surface area contributed by atoms with E-state index in [9.17, 15) is 0 Å². The Hall–Kier alpha value is -2.42. The third-order valence-electron chi connectivity index (χ3n) is 3.45. The summed E-state index contributed by atoms with van der Waals surface area (Å²) in [6, 6.07) is 16.6. The summed E-state index contributed by atoms with van der Waals surface area (Å²) in [5.74, 6) is 0.917. The van der Waals surface area contributed by atoms with Gasteiger partial charge >= 0.3 is 0 Å². The lowest BCUT2D eigenvalue weighted by atomic mass is 10.1. The Kier molecular flexibility index (Phi) is 4.10. The van der Waals surface area contributed by atoms with Gasteiger partial charge in [-0.15, -0.1) is 0 Å². The molecule has 2 aromatic carbocycles. The topological polar surface area (TPSA) is 37.0 Å². The fourth-order valence-corrected chi connectivity index (χ4v) is 2.35. The molecule has 0 amide bonds. The zero-order valence-corrected chi connectivity index (χ0v) is 12.2. The van der Waals surface area contributed by atoms with Crippen LogP contribution in [-0.4, -0.2) is 11.6 Å². The molecular formula is C18H20N2O. The van der Waals surface area contributed by atoms with Gasteiger partial charge < -0.3 is 15.0 Å². The molecule has 0 saturated carbocycles. The van der Waals surface area contributed by atoms with Crippen LogP contribution in [0.3, 0.4) is 0 Å². The number of rotatable bonds is 6. The van der Waals surface area contributed by atoms with Crippen molar-refractivity contribution in [3.8, 4) is 5.75 Å². The van der Waals surface area contributed by atoms with Gasteiger partial charge in [0, 0.05) is 18.3 Å². The highest BCUT2D eigenvalue weighted by atomic mass is 16.5. The van der Waals surface area contributed by atoms with E-state index >= 15 is 0 Å². The highest BCUT2D eigenvalue weighted by molar-refractivity contribution is 5.79. The lowest BCUT2D eigenvalue weighted by Crippen LogP contribution is -2.03. The zero-order chi connectivity index (χ0) is 14.5. The minimum atomic E-state index is 0.743. The summed E-state index contributed by atoms with van der Waals surface area (Å²) in [5, 5.41) is 4.70. The number of aromatic amines is 1. The summed E-state index contributed by atoms with van der Waals surface area (Å²) in [5.41, 5.74) is 3.46. The number of ether oxygens (including phenoxy) is 1. The summed E-state index contributed by atoms with van der Waals surface area (Å²) in [6.07, 6.45) is 2.98. The lowest BCUT2D eigenvalue weighted by Gasteiger charge is -2.13. The summed E-state index contributed by atoms with van der Waals surface area (Å²) < 4.78 is 5.76. The van der Waals surface area contributed by atoms with E-state index < -0.39 is 0 Å². The van der Waals surface area contributed by atoms with Gasteiger partial charge in [-0.2, -0.15) is 0 Å². The maximum Gasteiger partial charge on any atom is 0.142 e. The van der Waals surface area contributed by atoms with Crippen molar-refractivity contribution in [2.45, 2.75) is 19.9 Å². The number of hydrogen-bond acceptors (Lipinski definition) is 2. The average Bonchev–Trinajstić information content (AvgIpc) is 2.99. The van der Waals surface area contributed by atoms with Crippen molar-refractivity contribution in [3.63, 3.8) is 0 Å². The van der Waals surface area contributed by atoms with Crippen LogP contribution in [0.25, 0.3) is 10.9 Å². The summed E-state index contributed by atoms with van der Waals surface area (Å²) in [4.78, 5) is 3.24. The van der Waals surface area contributed by atoms with Crippen LogP contribution >= 0.6 is 0 Å². The lowest BCUT2D eigenvalue weighted by molar-refractivity contribution is 0.319. The molecule has 0 aliphatic heterocycles. The number of fused-ring (bicyclic) bond motifs is 1. The highest BCUT2D eigenvalue weighted by Crippen LogP contribution is 2.25. The van der Waals surface area contributed by atoms with Gasteiger partial charge in [-0.3, -0.25) is 0 Å². The minimum absolute atomic E-state index is 0.743. The molecule has 1 aromatic heterocycles. The molecule has 0 aliphatic carbocycles. The largest absolute Gasteiger partial charge is 0.491 e. The van der Waals surface area contributed by atoms with Crippen molar-refractivity contribution in [2.75, 3.05) is 11.9 Å². The smallest absolute Gasteiger partial charge is 0.142 e. The molecular weight excluding hydrogens is 260 g/mol. The quantitative estimate of drug-likeness (QED) is 0.694. The molecule has 1 heterocycles. The second-order valence-electron chi connectivity index (χ2n) is 5.10. The second kappa shape index (κ2) is 6.35. The summed E-state index contributed by atoms with van der Waals surface area (Å²) >= 11 is 0. The second-order valence-corrected chi connectivity index (χ2v) is 5.10. The fourth-order valence-electron chi connectivity index (χ4n) is 2.35. The van der Waals surface area contributed by atoms with E-state index in [0.717, 1.165) is 31.0 Å². The number of H-pyrrole nitrogens is 1. The molecule has 0 saturated heterocycles. The Morgan fingerprint density at radius 3 is 2.90 bits per heavy atom. The van der Waals surface area contributed by atoms with Gasteiger partial charge in [0.15, 0.2) is 0 Å². The van der Waals surface area contributed by atoms with Gasteiger partial charge in [0.25, 0.3) is 0 Å². The molecule has 108 valence electrons. The van der Waals surface area contributed by atoms with Gasteiger partial charge in [-0.1, -0.05) is 31.2 Å². The maximum atomic E-state index is 5.76. The Morgan fingerprint density at radius 1 is 1.10 bits per heavy atom. The first kappa shape index (κ1) is 13.6. The number of benzene rings is 2. The molecule has 0 radical (unpaired) electrons. The van der Waals surface area contributed by atoms with Crippen molar-refractivity contribution in [3.05, 3.63) is 60.3 Å². The van der Waals surface area contributed by atoms with Gasteiger partial charge in [-0.25, -0.2) is 0 Å². The van der Waals surface area contributed by atoms with E-state index in [1.807, 2.05) is 24.4 Å². The first-order valence-electron chi connectivity index (χ1n) is 7.38. The van der Waals surface area contributed by atoms with Crippen LogP contribution in [-0.2, 0) is 6.54 Å². The zero-order valence-electron chi connectivity index (χ0n) is 12.2. The molecule has 2 N–H and O–H groups in total. The third-order valence-corrected chi connectivity index (χ3v) is 3.45. The van der Waals surface area contributed by atoms with Crippen LogP contribution in [0, 0.1) is 0 Å². The first-order chi connectivity index (χ1) is 10.4. The van der Waals surface area contributed by atoms with E-state index in [2.05, 4.69) is 47.6 Å². The van der Waals surface area contributed by atoms with E-state index in [0.29, 0.717) is 0 Å². The first-order valence-corrected chi connectivity index (χ1v) is 7.38. The normalized spacial score (nSPS) is 10.7. The van der Waals surface area contributed by atoms with Crippen molar-refractivity contribution in [1.82, 2.24) is 4.98 Å².